The van der Waals surface area contributed by atoms with Gasteiger partial charge >= 0.3 is 0 Å². The second-order valence-electron chi connectivity index (χ2n) is 5.90. The molecule has 0 saturated heterocycles. The minimum absolute atomic E-state index is 0.130. The lowest BCUT2D eigenvalue weighted by molar-refractivity contribution is -0.108. The van der Waals surface area contributed by atoms with Gasteiger partial charge in [0.05, 0.1) is 0 Å². The molecule has 1 amide bonds. The highest BCUT2D eigenvalue weighted by molar-refractivity contribution is 5.94. The number of alkyl halides is 2. The third kappa shape index (κ3) is 4.17. The number of hydrogen-bond acceptors (Lipinski definition) is 2. The Morgan fingerprint density at radius 1 is 1.08 bits per heavy atom. The van der Waals surface area contributed by atoms with Gasteiger partial charge in [0.2, 0.25) is 5.92 Å². The zero-order chi connectivity index (χ0) is 17.0. The van der Waals surface area contributed by atoms with Gasteiger partial charge in [-0.1, -0.05) is 11.8 Å². The Bertz CT molecular complexity index is 769. The van der Waals surface area contributed by atoms with Crippen LogP contribution in [0.1, 0.15) is 34.3 Å². The summed E-state index contributed by atoms with van der Waals surface area (Å²) in [6.07, 6.45) is 3.07. The summed E-state index contributed by atoms with van der Waals surface area (Å²) < 4.78 is 25.5. The predicted octanol–water partition coefficient (Wildman–Crippen LogP) is 3.26. The first kappa shape index (κ1) is 16.1. The molecule has 3 rings (SSSR count). The number of hydrogen-bond donors (Lipinski definition) is 1. The first-order valence-electron chi connectivity index (χ1n) is 7.70. The van der Waals surface area contributed by atoms with Gasteiger partial charge in [-0.3, -0.25) is 9.78 Å². The van der Waals surface area contributed by atoms with Crippen LogP contribution in [0, 0.1) is 17.8 Å². The molecule has 1 heterocycles. The van der Waals surface area contributed by atoms with Gasteiger partial charge < -0.3 is 5.32 Å². The maximum absolute atomic E-state index is 12.7. The van der Waals surface area contributed by atoms with Crippen molar-refractivity contribution in [1.29, 1.82) is 0 Å². The minimum Gasteiger partial charge on any atom is -0.352 e. The molecule has 1 N–H and O–H groups in total. The third-order valence-electron chi connectivity index (χ3n) is 3.90. The van der Waals surface area contributed by atoms with E-state index in [1.807, 2.05) is 12.1 Å². The molecule has 5 heteroatoms. The molecule has 1 saturated carbocycles. The quantitative estimate of drug-likeness (QED) is 0.880. The Labute approximate surface area is 139 Å². The monoisotopic (exact) mass is 326 g/mol. The Kier molecular flexibility index (Phi) is 4.57. The second kappa shape index (κ2) is 6.79. The van der Waals surface area contributed by atoms with Crippen molar-refractivity contribution in [2.75, 3.05) is 6.54 Å². The lowest BCUT2D eigenvalue weighted by Crippen LogP contribution is -2.42. The van der Waals surface area contributed by atoms with Crippen molar-refractivity contribution in [1.82, 2.24) is 10.3 Å². The number of amides is 1. The van der Waals surface area contributed by atoms with Crippen LogP contribution < -0.4 is 5.32 Å². The SMILES string of the molecule is O=C(NCC1CC(F)(F)C1)c1ccc(C#Cc2ccncc2)cc1. The van der Waals surface area contributed by atoms with Gasteiger partial charge in [-0.15, -0.1) is 0 Å². The summed E-state index contributed by atoms with van der Waals surface area (Å²) in [4.78, 5) is 15.9. The summed E-state index contributed by atoms with van der Waals surface area (Å²) in [5.41, 5.74) is 2.15. The van der Waals surface area contributed by atoms with Gasteiger partial charge in [0.25, 0.3) is 5.91 Å². The summed E-state index contributed by atoms with van der Waals surface area (Å²) in [5, 5.41) is 2.70. The zero-order valence-electron chi connectivity index (χ0n) is 12.9. The van der Waals surface area contributed by atoms with Crippen LogP contribution in [0.3, 0.4) is 0 Å². The van der Waals surface area contributed by atoms with E-state index in [1.54, 1.807) is 36.7 Å². The van der Waals surface area contributed by atoms with E-state index in [0.717, 1.165) is 11.1 Å². The summed E-state index contributed by atoms with van der Waals surface area (Å²) in [6.45, 7) is 0.290. The molecule has 0 unspecified atom stereocenters. The largest absolute Gasteiger partial charge is 0.352 e. The van der Waals surface area contributed by atoms with E-state index in [-0.39, 0.29) is 31.2 Å². The Balaban J connectivity index is 1.54. The average Bonchev–Trinajstić information content (AvgIpc) is 2.57. The van der Waals surface area contributed by atoms with E-state index >= 15 is 0 Å². The highest BCUT2D eigenvalue weighted by Crippen LogP contribution is 2.41. The number of carbonyl (C=O) groups excluding carboxylic acids is 1. The lowest BCUT2D eigenvalue weighted by atomic mass is 9.81. The first-order chi connectivity index (χ1) is 11.5. The summed E-state index contributed by atoms with van der Waals surface area (Å²) in [6, 6.07) is 10.5. The highest BCUT2D eigenvalue weighted by atomic mass is 19.3. The zero-order valence-corrected chi connectivity index (χ0v) is 12.9. The molecule has 1 aliphatic carbocycles. The van der Waals surface area contributed by atoms with Crippen LogP contribution in [0.2, 0.25) is 0 Å². The van der Waals surface area contributed by atoms with Crippen LogP contribution in [0.25, 0.3) is 0 Å². The molecule has 0 radical (unpaired) electrons. The van der Waals surface area contributed by atoms with Crippen LogP contribution in [0.5, 0.6) is 0 Å². The summed E-state index contributed by atoms with van der Waals surface area (Å²) >= 11 is 0. The van der Waals surface area contributed by atoms with Gasteiger partial charge in [-0.2, -0.15) is 0 Å². The van der Waals surface area contributed by atoms with Crippen LogP contribution in [0.4, 0.5) is 8.78 Å². The maximum Gasteiger partial charge on any atom is 0.251 e. The Morgan fingerprint density at radius 2 is 1.67 bits per heavy atom. The molecule has 1 fully saturated rings. The number of aromatic nitrogens is 1. The number of rotatable bonds is 3. The Hall–Kier alpha value is -2.74. The summed E-state index contributed by atoms with van der Waals surface area (Å²) in [5.74, 6) is 3.09. The second-order valence-corrected chi connectivity index (χ2v) is 5.90. The topological polar surface area (TPSA) is 42.0 Å². The fourth-order valence-corrected chi connectivity index (χ4v) is 2.55. The van der Waals surface area contributed by atoms with E-state index in [2.05, 4.69) is 22.1 Å². The van der Waals surface area contributed by atoms with Crippen molar-refractivity contribution < 1.29 is 13.6 Å². The fraction of sp³-hybridized carbons (Fsp3) is 0.263. The van der Waals surface area contributed by atoms with Gasteiger partial charge in [-0.05, 0) is 42.3 Å². The maximum atomic E-state index is 12.7. The normalized spacial score (nSPS) is 15.8. The summed E-state index contributed by atoms with van der Waals surface area (Å²) in [7, 11) is 0. The lowest BCUT2D eigenvalue weighted by Gasteiger charge is -2.34. The van der Waals surface area contributed by atoms with Crippen LogP contribution in [0.15, 0.2) is 48.8 Å². The average molecular weight is 326 g/mol. The molecule has 0 bridgehead atoms. The fourth-order valence-electron chi connectivity index (χ4n) is 2.55. The molecule has 2 aromatic rings. The van der Waals surface area contributed by atoms with Crippen molar-refractivity contribution in [3.63, 3.8) is 0 Å². The molecule has 0 spiro atoms. The molecule has 0 atom stereocenters. The molecule has 122 valence electrons. The van der Waals surface area contributed by atoms with Gasteiger partial charge in [-0.25, -0.2) is 8.78 Å². The molecule has 1 aliphatic rings. The van der Waals surface area contributed by atoms with Gasteiger partial charge in [0.1, 0.15) is 0 Å². The Morgan fingerprint density at radius 3 is 2.25 bits per heavy atom. The van der Waals surface area contributed by atoms with E-state index in [0.29, 0.717) is 5.56 Å². The first-order valence-corrected chi connectivity index (χ1v) is 7.70. The van der Waals surface area contributed by atoms with Crippen LogP contribution in [-0.4, -0.2) is 23.4 Å². The van der Waals surface area contributed by atoms with Crippen molar-refractivity contribution >= 4 is 5.91 Å². The molecule has 0 aliphatic heterocycles. The molecular formula is C19H16F2N2O. The predicted molar refractivity (Wildman–Crippen MR) is 86.7 cm³/mol. The van der Waals surface area contributed by atoms with E-state index in [4.69, 9.17) is 0 Å². The number of pyridine rings is 1. The van der Waals surface area contributed by atoms with E-state index in [9.17, 15) is 13.6 Å². The highest BCUT2D eigenvalue weighted by Gasteiger charge is 2.44. The third-order valence-corrected chi connectivity index (χ3v) is 3.90. The smallest absolute Gasteiger partial charge is 0.251 e. The van der Waals surface area contributed by atoms with Crippen LogP contribution >= 0.6 is 0 Å². The van der Waals surface area contributed by atoms with E-state index < -0.39 is 5.92 Å². The molecule has 1 aromatic carbocycles. The molecule has 1 aromatic heterocycles. The van der Waals surface area contributed by atoms with Crippen molar-refractivity contribution in [3.8, 4) is 11.8 Å². The standard InChI is InChI=1S/C19H16F2N2O/c20-19(21)11-16(12-19)13-23-18(24)17-5-3-14(4-6-17)1-2-15-7-9-22-10-8-15/h3-10,16H,11-13H2,(H,23,24). The van der Waals surface area contributed by atoms with Crippen molar-refractivity contribution in [2.24, 2.45) is 5.92 Å². The van der Waals surface area contributed by atoms with Crippen molar-refractivity contribution in [3.05, 3.63) is 65.5 Å². The van der Waals surface area contributed by atoms with E-state index in [1.165, 1.54) is 0 Å². The molecule has 3 nitrogen and oxygen atoms in total. The molecular weight excluding hydrogens is 310 g/mol. The molecule has 24 heavy (non-hydrogen) atoms. The number of benzene rings is 1. The number of carbonyl (C=O) groups is 1. The number of halogens is 2. The van der Waals surface area contributed by atoms with Gasteiger partial charge in [0, 0.05) is 48.5 Å². The van der Waals surface area contributed by atoms with Gasteiger partial charge in [0.15, 0.2) is 0 Å². The van der Waals surface area contributed by atoms with Crippen molar-refractivity contribution in [2.45, 2.75) is 18.8 Å². The minimum atomic E-state index is -2.55. The van der Waals surface area contributed by atoms with Crippen LogP contribution in [-0.2, 0) is 0 Å². The number of nitrogens with zero attached hydrogens (tertiary/aromatic N) is 1. The number of nitrogens with one attached hydrogen (secondary N) is 1.